The van der Waals surface area contributed by atoms with E-state index in [4.69, 9.17) is 11.2 Å². The zero-order valence-corrected chi connectivity index (χ0v) is 12.8. The Morgan fingerprint density at radius 3 is 2.71 bits per heavy atom. The number of likely N-dealkylation sites (tertiary alicyclic amines) is 1. The largest absolute Gasteiger partial charge is 0.444 e. The van der Waals surface area contributed by atoms with Gasteiger partial charge in [-0.15, -0.1) is 6.42 Å². The van der Waals surface area contributed by atoms with Crippen molar-refractivity contribution >= 4 is 6.09 Å². The van der Waals surface area contributed by atoms with E-state index in [1.807, 2.05) is 20.8 Å². The van der Waals surface area contributed by atoms with E-state index in [9.17, 15) is 4.79 Å². The summed E-state index contributed by atoms with van der Waals surface area (Å²) in [5.41, 5.74) is 0.226. The number of hydrogen-bond donors (Lipinski definition) is 0. The van der Waals surface area contributed by atoms with Crippen LogP contribution in [0.4, 0.5) is 4.79 Å². The maximum absolute atomic E-state index is 12.0. The van der Waals surface area contributed by atoms with Gasteiger partial charge in [0, 0.05) is 31.9 Å². The van der Waals surface area contributed by atoms with Gasteiger partial charge in [-0.1, -0.05) is 5.92 Å². The summed E-state index contributed by atoms with van der Waals surface area (Å²) in [6.07, 6.45) is 10.0. The summed E-state index contributed by atoms with van der Waals surface area (Å²) < 4.78 is 5.38. The van der Waals surface area contributed by atoms with Crippen LogP contribution in [-0.2, 0) is 11.2 Å². The summed E-state index contributed by atoms with van der Waals surface area (Å²) in [6, 6.07) is 0. The van der Waals surface area contributed by atoms with Crippen molar-refractivity contribution in [2.45, 2.75) is 39.2 Å². The molecular weight excluding hydrogens is 266 g/mol. The van der Waals surface area contributed by atoms with Gasteiger partial charge in [0.05, 0.1) is 5.56 Å². The topological polar surface area (TPSA) is 55.3 Å². The minimum absolute atomic E-state index is 0.242. The molecule has 1 saturated heterocycles. The van der Waals surface area contributed by atoms with E-state index < -0.39 is 5.60 Å². The Morgan fingerprint density at radius 2 is 2.14 bits per heavy atom. The van der Waals surface area contributed by atoms with Crippen LogP contribution in [0.3, 0.4) is 0 Å². The lowest BCUT2D eigenvalue weighted by Gasteiger charge is -2.24. The second-order valence-corrected chi connectivity index (χ2v) is 6.32. The van der Waals surface area contributed by atoms with E-state index in [-0.39, 0.29) is 6.09 Å². The molecule has 1 aliphatic heterocycles. The smallest absolute Gasteiger partial charge is 0.410 e. The molecule has 0 radical (unpaired) electrons. The average molecular weight is 287 g/mol. The highest BCUT2D eigenvalue weighted by molar-refractivity contribution is 5.68. The highest BCUT2D eigenvalue weighted by Gasteiger charge is 2.30. The summed E-state index contributed by atoms with van der Waals surface area (Å²) >= 11 is 0. The Balaban J connectivity index is 1.87. The summed E-state index contributed by atoms with van der Waals surface area (Å²) in [6.45, 7) is 7.04. The molecule has 0 saturated carbocycles. The Labute approximate surface area is 125 Å². The summed E-state index contributed by atoms with van der Waals surface area (Å²) in [7, 11) is 0. The van der Waals surface area contributed by atoms with Gasteiger partial charge in [0.15, 0.2) is 0 Å². The number of carbonyl (C=O) groups excluding carboxylic acids is 1. The van der Waals surface area contributed by atoms with Gasteiger partial charge in [0.1, 0.15) is 11.4 Å². The molecule has 2 rings (SSSR count). The molecule has 2 heterocycles. The SMILES string of the molecule is C#Cc1cnc(C[C@@H]2CCN(C(=O)OC(C)(C)C)C2)nc1. The normalized spacial score (nSPS) is 18.4. The van der Waals surface area contributed by atoms with Crippen LogP contribution < -0.4 is 0 Å². The third-order valence-electron chi connectivity index (χ3n) is 3.28. The van der Waals surface area contributed by atoms with Crippen LogP contribution in [0.2, 0.25) is 0 Å². The van der Waals surface area contributed by atoms with Crippen LogP contribution in [0, 0.1) is 18.3 Å². The molecule has 1 aromatic heterocycles. The van der Waals surface area contributed by atoms with Crippen LogP contribution in [0.25, 0.3) is 0 Å². The minimum atomic E-state index is -0.455. The molecule has 21 heavy (non-hydrogen) atoms. The third-order valence-corrected chi connectivity index (χ3v) is 3.28. The number of ether oxygens (including phenoxy) is 1. The predicted molar refractivity (Wildman–Crippen MR) is 79.6 cm³/mol. The maximum atomic E-state index is 12.0. The minimum Gasteiger partial charge on any atom is -0.444 e. The van der Waals surface area contributed by atoms with Crippen molar-refractivity contribution in [1.29, 1.82) is 0 Å². The first kappa shape index (κ1) is 15.3. The van der Waals surface area contributed by atoms with Gasteiger partial charge < -0.3 is 9.64 Å². The molecule has 0 aliphatic carbocycles. The van der Waals surface area contributed by atoms with E-state index in [1.165, 1.54) is 0 Å². The molecule has 1 fully saturated rings. The third kappa shape index (κ3) is 4.45. The van der Waals surface area contributed by atoms with Crippen molar-refractivity contribution in [3.05, 3.63) is 23.8 Å². The molecule has 5 heteroatoms. The van der Waals surface area contributed by atoms with Crippen LogP contribution in [0.1, 0.15) is 38.6 Å². The van der Waals surface area contributed by atoms with Gasteiger partial charge in [-0.2, -0.15) is 0 Å². The fourth-order valence-electron chi connectivity index (χ4n) is 2.28. The zero-order chi connectivity index (χ0) is 15.5. The number of terminal acetylenes is 1. The predicted octanol–water partition coefficient (Wildman–Crippen LogP) is 2.26. The molecular formula is C16H21N3O2. The van der Waals surface area contributed by atoms with Crippen molar-refractivity contribution in [3.63, 3.8) is 0 Å². The first-order valence-corrected chi connectivity index (χ1v) is 7.13. The van der Waals surface area contributed by atoms with E-state index in [2.05, 4.69) is 15.9 Å². The first-order chi connectivity index (χ1) is 9.87. The number of rotatable bonds is 2. The molecule has 5 nitrogen and oxygen atoms in total. The van der Waals surface area contributed by atoms with Gasteiger partial charge in [-0.25, -0.2) is 14.8 Å². The second-order valence-electron chi connectivity index (χ2n) is 6.32. The lowest BCUT2D eigenvalue weighted by atomic mass is 10.0. The maximum Gasteiger partial charge on any atom is 0.410 e. The van der Waals surface area contributed by atoms with Crippen molar-refractivity contribution < 1.29 is 9.53 Å². The molecule has 112 valence electrons. The molecule has 0 spiro atoms. The molecule has 0 aromatic carbocycles. The summed E-state index contributed by atoms with van der Waals surface area (Å²) in [4.78, 5) is 22.3. The molecule has 0 bridgehead atoms. The van der Waals surface area contributed by atoms with Crippen molar-refractivity contribution in [1.82, 2.24) is 14.9 Å². The standard InChI is InChI=1S/C16H21N3O2/c1-5-12-9-17-14(18-10-12)8-13-6-7-19(11-13)15(20)21-16(2,3)4/h1,9-10,13H,6-8,11H2,2-4H3/t13-/m0/s1. The first-order valence-electron chi connectivity index (χ1n) is 7.13. The van der Waals surface area contributed by atoms with Gasteiger partial charge in [0.2, 0.25) is 0 Å². The van der Waals surface area contributed by atoms with E-state index >= 15 is 0 Å². The van der Waals surface area contributed by atoms with Gasteiger partial charge in [0.25, 0.3) is 0 Å². The highest BCUT2D eigenvalue weighted by Crippen LogP contribution is 2.21. The van der Waals surface area contributed by atoms with Crippen molar-refractivity contribution in [2.24, 2.45) is 5.92 Å². The number of hydrogen-bond acceptors (Lipinski definition) is 4. The van der Waals surface area contributed by atoms with Crippen LogP contribution in [0.5, 0.6) is 0 Å². The number of aromatic nitrogens is 2. The van der Waals surface area contributed by atoms with E-state index in [1.54, 1.807) is 17.3 Å². The fraction of sp³-hybridized carbons (Fsp3) is 0.562. The quantitative estimate of drug-likeness (QED) is 0.783. The Morgan fingerprint density at radius 1 is 1.48 bits per heavy atom. The number of amides is 1. The second kappa shape index (κ2) is 6.13. The summed E-state index contributed by atoms with van der Waals surface area (Å²) in [5, 5.41) is 0. The average Bonchev–Trinajstić information content (AvgIpc) is 2.86. The fourth-order valence-corrected chi connectivity index (χ4v) is 2.28. The Hall–Kier alpha value is -2.09. The van der Waals surface area contributed by atoms with Crippen LogP contribution >= 0.6 is 0 Å². The van der Waals surface area contributed by atoms with Crippen molar-refractivity contribution in [3.8, 4) is 12.3 Å². The van der Waals surface area contributed by atoms with Crippen LogP contribution in [0.15, 0.2) is 12.4 Å². The number of carbonyl (C=O) groups is 1. The summed E-state index contributed by atoms with van der Waals surface area (Å²) in [5.74, 6) is 3.64. The van der Waals surface area contributed by atoms with Crippen LogP contribution in [-0.4, -0.2) is 39.7 Å². The molecule has 0 N–H and O–H groups in total. The molecule has 1 atom stereocenters. The molecule has 0 unspecified atom stereocenters. The zero-order valence-electron chi connectivity index (χ0n) is 12.8. The monoisotopic (exact) mass is 287 g/mol. The Bertz CT molecular complexity index is 540. The Kier molecular flexibility index (Phi) is 4.46. The van der Waals surface area contributed by atoms with Gasteiger partial charge in [-0.05, 0) is 33.1 Å². The van der Waals surface area contributed by atoms with E-state index in [0.29, 0.717) is 18.0 Å². The van der Waals surface area contributed by atoms with E-state index in [0.717, 1.165) is 25.2 Å². The lowest BCUT2D eigenvalue weighted by molar-refractivity contribution is 0.0288. The van der Waals surface area contributed by atoms with Crippen molar-refractivity contribution in [2.75, 3.05) is 13.1 Å². The van der Waals surface area contributed by atoms with Gasteiger partial charge >= 0.3 is 6.09 Å². The van der Waals surface area contributed by atoms with Gasteiger partial charge in [-0.3, -0.25) is 0 Å². The highest BCUT2D eigenvalue weighted by atomic mass is 16.6. The number of nitrogens with zero attached hydrogens (tertiary/aromatic N) is 3. The molecule has 1 aliphatic rings. The molecule has 1 aromatic rings. The lowest BCUT2D eigenvalue weighted by Crippen LogP contribution is -2.35. The molecule has 1 amide bonds.